The minimum absolute atomic E-state index is 0.154. The predicted octanol–water partition coefficient (Wildman–Crippen LogP) is 1.81. The van der Waals surface area contributed by atoms with Gasteiger partial charge < -0.3 is 10.6 Å². The van der Waals surface area contributed by atoms with Gasteiger partial charge in [-0.1, -0.05) is 26.0 Å². The van der Waals surface area contributed by atoms with Gasteiger partial charge in [0.05, 0.1) is 5.75 Å². The summed E-state index contributed by atoms with van der Waals surface area (Å²) in [7, 11) is -2.04. The number of guanidine groups is 1. The number of halogens is 1. The molecule has 0 radical (unpaired) electrons. The van der Waals surface area contributed by atoms with Crippen molar-refractivity contribution in [3.05, 3.63) is 30.1 Å². The molecule has 0 fully saturated rings. The van der Waals surface area contributed by atoms with Crippen molar-refractivity contribution >= 4 is 15.8 Å². The zero-order valence-corrected chi connectivity index (χ0v) is 14.2. The molecule has 2 N–H and O–H groups in total. The molecule has 0 amide bonds. The van der Waals surface area contributed by atoms with Gasteiger partial charge in [-0.3, -0.25) is 4.99 Å². The van der Waals surface area contributed by atoms with E-state index in [1.54, 1.807) is 7.05 Å². The highest BCUT2D eigenvalue weighted by Crippen LogP contribution is 2.14. The number of benzene rings is 1. The fraction of sp³-hybridized carbons (Fsp3) is 0.533. The number of nitrogens with one attached hydrogen (secondary N) is 2. The Morgan fingerprint density at radius 1 is 1.27 bits per heavy atom. The average molecular weight is 329 g/mol. The Labute approximate surface area is 132 Å². The summed E-state index contributed by atoms with van der Waals surface area (Å²) in [5.41, 5.74) is 0. The summed E-state index contributed by atoms with van der Waals surface area (Å²) >= 11 is 0. The number of sulfone groups is 1. The van der Waals surface area contributed by atoms with E-state index < -0.39 is 15.7 Å². The number of hydrogen-bond acceptors (Lipinski definition) is 3. The van der Waals surface area contributed by atoms with E-state index in [-0.39, 0.29) is 23.2 Å². The summed E-state index contributed by atoms with van der Waals surface area (Å²) in [5.74, 6) is 0.0223. The summed E-state index contributed by atoms with van der Waals surface area (Å²) in [6.45, 7) is 6.33. The van der Waals surface area contributed by atoms with Gasteiger partial charge in [0, 0.05) is 19.6 Å². The molecule has 0 saturated carbocycles. The summed E-state index contributed by atoms with van der Waals surface area (Å²) in [6, 6.07) is 5.60. The van der Waals surface area contributed by atoms with E-state index in [1.165, 1.54) is 18.2 Å². The molecule has 1 unspecified atom stereocenters. The minimum Gasteiger partial charge on any atom is -0.355 e. The SMILES string of the molecule is CN=C(NCCS(=O)(=O)c1ccccc1F)NC(C)C(C)C. The standard InChI is InChI=1S/C15H24FN3O2S/c1-11(2)12(3)19-15(17-4)18-9-10-22(20,21)14-8-6-5-7-13(14)16/h5-8,11-12H,9-10H2,1-4H3,(H2,17,18,19). The molecule has 1 aromatic rings. The van der Waals surface area contributed by atoms with E-state index in [0.717, 1.165) is 6.07 Å². The third kappa shape index (κ3) is 5.29. The van der Waals surface area contributed by atoms with Crippen LogP contribution in [0.5, 0.6) is 0 Å². The number of hydrogen-bond donors (Lipinski definition) is 2. The van der Waals surface area contributed by atoms with Gasteiger partial charge in [-0.2, -0.15) is 0 Å². The number of rotatable bonds is 6. The molecule has 0 saturated heterocycles. The predicted molar refractivity (Wildman–Crippen MR) is 87.3 cm³/mol. The van der Waals surface area contributed by atoms with Crippen LogP contribution in [0.1, 0.15) is 20.8 Å². The molecule has 0 aliphatic rings. The maximum atomic E-state index is 13.6. The van der Waals surface area contributed by atoms with Gasteiger partial charge in [0.15, 0.2) is 15.8 Å². The molecule has 124 valence electrons. The average Bonchev–Trinajstić information content (AvgIpc) is 2.45. The lowest BCUT2D eigenvalue weighted by Gasteiger charge is -2.20. The van der Waals surface area contributed by atoms with Crippen LogP contribution < -0.4 is 10.6 Å². The van der Waals surface area contributed by atoms with Crippen LogP contribution in [0.2, 0.25) is 0 Å². The molecule has 0 aliphatic heterocycles. The van der Waals surface area contributed by atoms with E-state index in [9.17, 15) is 12.8 Å². The van der Waals surface area contributed by atoms with Gasteiger partial charge in [0.2, 0.25) is 0 Å². The summed E-state index contributed by atoms with van der Waals surface area (Å²) in [4.78, 5) is 3.78. The fourth-order valence-corrected chi connectivity index (χ4v) is 2.93. The highest BCUT2D eigenvalue weighted by atomic mass is 32.2. The van der Waals surface area contributed by atoms with Crippen molar-refractivity contribution < 1.29 is 12.8 Å². The second-order valence-corrected chi connectivity index (χ2v) is 7.50. The first-order chi connectivity index (χ1) is 10.3. The topological polar surface area (TPSA) is 70.6 Å². The third-order valence-corrected chi connectivity index (χ3v) is 5.17. The van der Waals surface area contributed by atoms with Crippen molar-refractivity contribution in [1.29, 1.82) is 0 Å². The second kappa shape index (κ2) is 8.12. The molecule has 5 nitrogen and oxygen atoms in total. The Kier molecular flexibility index (Phi) is 6.80. The van der Waals surface area contributed by atoms with Crippen molar-refractivity contribution in [1.82, 2.24) is 10.6 Å². The monoisotopic (exact) mass is 329 g/mol. The van der Waals surface area contributed by atoms with E-state index in [0.29, 0.717) is 11.9 Å². The zero-order valence-electron chi connectivity index (χ0n) is 13.4. The zero-order chi connectivity index (χ0) is 16.8. The lowest BCUT2D eigenvalue weighted by atomic mass is 10.1. The Balaban J connectivity index is 2.61. The maximum Gasteiger partial charge on any atom is 0.191 e. The molecule has 1 atom stereocenters. The highest BCUT2D eigenvalue weighted by molar-refractivity contribution is 7.91. The smallest absolute Gasteiger partial charge is 0.191 e. The van der Waals surface area contributed by atoms with Crippen molar-refractivity contribution in [3.8, 4) is 0 Å². The first kappa shape index (κ1) is 18.4. The lowest BCUT2D eigenvalue weighted by Crippen LogP contribution is -2.45. The van der Waals surface area contributed by atoms with Crippen LogP contribution in [0.3, 0.4) is 0 Å². The first-order valence-electron chi connectivity index (χ1n) is 7.22. The van der Waals surface area contributed by atoms with Gasteiger partial charge in [-0.15, -0.1) is 0 Å². The van der Waals surface area contributed by atoms with Crippen LogP contribution >= 0.6 is 0 Å². The first-order valence-corrected chi connectivity index (χ1v) is 8.87. The third-order valence-electron chi connectivity index (χ3n) is 3.42. The second-order valence-electron chi connectivity index (χ2n) is 5.43. The Morgan fingerprint density at radius 2 is 1.91 bits per heavy atom. The maximum absolute atomic E-state index is 13.6. The molecule has 0 aliphatic carbocycles. The van der Waals surface area contributed by atoms with Gasteiger partial charge in [0.1, 0.15) is 10.7 Å². The van der Waals surface area contributed by atoms with Crippen LogP contribution in [0.15, 0.2) is 34.2 Å². The van der Waals surface area contributed by atoms with Crippen molar-refractivity contribution in [2.24, 2.45) is 10.9 Å². The molecule has 7 heteroatoms. The molecule has 0 bridgehead atoms. The molecular formula is C15H24FN3O2S. The van der Waals surface area contributed by atoms with E-state index in [1.807, 2.05) is 6.92 Å². The molecule has 22 heavy (non-hydrogen) atoms. The van der Waals surface area contributed by atoms with Gasteiger partial charge in [0.25, 0.3) is 0 Å². The molecular weight excluding hydrogens is 305 g/mol. The van der Waals surface area contributed by atoms with E-state index in [2.05, 4.69) is 29.5 Å². The Bertz CT molecular complexity index is 615. The number of nitrogens with zero attached hydrogens (tertiary/aromatic N) is 1. The minimum atomic E-state index is -3.66. The van der Waals surface area contributed by atoms with Gasteiger partial charge in [-0.05, 0) is 25.0 Å². The summed E-state index contributed by atoms with van der Waals surface area (Å²) in [6.07, 6.45) is 0. The number of aliphatic imine (C=N–C) groups is 1. The van der Waals surface area contributed by atoms with E-state index >= 15 is 0 Å². The van der Waals surface area contributed by atoms with Crippen LogP contribution in [0, 0.1) is 11.7 Å². The van der Waals surface area contributed by atoms with Crippen molar-refractivity contribution in [3.63, 3.8) is 0 Å². The van der Waals surface area contributed by atoms with Crippen LogP contribution in [0.4, 0.5) is 4.39 Å². The van der Waals surface area contributed by atoms with E-state index in [4.69, 9.17) is 0 Å². The molecule has 1 aromatic carbocycles. The summed E-state index contributed by atoms with van der Waals surface area (Å²) < 4.78 is 37.8. The van der Waals surface area contributed by atoms with Crippen molar-refractivity contribution in [2.45, 2.75) is 31.7 Å². The summed E-state index contributed by atoms with van der Waals surface area (Å²) in [5, 5.41) is 6.11. The molecule has 1 rings (SSSR count). The quantitative estimate of drug-likeness (QED) is 0.617. The van der Waals surface area contributed by atoms with Crippen molar-refractivity contribution in [2.75, 3.05) is 19.3 Å². The van der Waals surface area contributed by atoms with Gasteiger partial charge >= 0.3 is 0 Å². The molecule has 0 heterocycles. The van der Waals surface area contributed by atoms with Crippen LogP contribution in [0.25, 0.3) is 0 Å². The Hall–Kier alpha value is -1.63. The molecule has 0 aromatic heterocycles. The molecule has 0 spiro atoms. The Morgan fingerprint density at radius 3 is 2.45 bits per heavy atom. The lowest BCUT2D eigenvalue weighted by molar-refractivity contribution is 0.481. The highest BCUT2D eigenvalue weighted by Gasteiger charge is 2.18. The fourth-order valence-electron chi connectivity index (χ4n) is 1.69. The largest absolute Gasteiger partial charge is 0.355 e. The van der Waals surface area contributed by atoms with Crippen LogP contribution in [-0.2, 0) is 9.84 Å². The van der Waals surface area contributed by atoms with Gasteiger partial charge in [-0.25, -0.2) is 12.8 Å². The van der Waals surface area contributed by atoms with Crippen LogP contribution in [-0.4, -0.2) is 39.8 Å². The normalized spacial score (nSPS) is 14.0.